The van der Waals surface area contributed by atoms with E-state index in [0.717, 1.165) is 86.4 Å². The molecule has 398 valence electrons. The Balaban J connectivity index is 1.21. The van der Waals surface area contributed by atoms with Crippen LogP contribution in [0, 0.1) is 5.92 Å². The van der Waals surface area contributed by atoms with Gasteiger partial charge in [0.15, 0.2) is 0 Å². The number of carboxylic acid groups (broad SMARTS) is 2. The molecule has 10 nitrogen and oxygen atoms in total. The summed E-state index contributed by atoms with van der Waals surface area (Å²) in [6.07, 6.45) is 1.13. The maximum absolute atomic E-state index is 15.2. The van der Waals surface area contributed by atoms with Crippen molar-refractivity contribution in [2.24, 2.45) is 0 Å². The van der Waals surface area contributed by atoms with Crippen LogP contribution >= 0.6 is 141 Å². The van der Waals surface area contributed by atoms with Crippen molar-refractivity contribution in [3.63, 3.8) is 0 Å². The highest BCUT2D eigenvalue weighted by Crippen LogP contribution is 2.74. The topological polar surface area (TPSA) is 156 Å². The van der Waals surface area contributed by atoms with E-state index in [1.807, 2.05) is 27.7 Å². The zero-order valence-corrected chi connectivity index (χ0v) is 54.0. The van der Waals surface area contributed by atoms with Crippen molar-refractivity contribution >= 4 is 165 Å². The van der Waals surface area contributed by atoms with Crippen LogP contribution in [0.1, 0.15) is 178 Å². The minimum atomic E-state index is -0.952. The molecular formula is C52H61N3O7S12. The van der Waals surface area contributed by atoms with Crippen LogP contribution in [-0.4, -0.2) is 87.2 Å². The van der Waals surface area contributed by atoms with Gasteiger partial charge in [-0.05, 0) is 140 Å². The number of carbonyl (C=O) groups is 4. The lowest BCUT2D eigenvalue weighted by Gasteiger charge is -2.50. The highest BCUT2D eigenvalue weighted by atomic mass is 32.2. The van der Waals surface area contributed by atoms with E-state index in [-0.39, 0.29) is 30.8 Å². The lowest BCUT2D eigenvalue weighted by Crippen LogP contribution is -2.62. The summed E-state index contributed by atoms with van der Waals surface area (Å²) in [7, 11) is 0. The molecule has 0 aromatic heterocycles. The Morgan fingerprint density at radius 3 is 0.932 bits per heavy atom. The number of aromatic carboxylic acids is 2. The Hall–Kier alpha value is -0.340. The molecule has 10 rings (SSSR count). The third-order valence-corrected chi connectivity index (χ3v) is 30.2. The Morgan fingerprint density at radius 2 is 0.676 bits per heavy atom. The number of hydrogen-bond acceptors (Lipinski definition) is 17. The van der Waals surface area contributed by atoms with Crippen molar-refractivity contribution in [3.05, 3.63) is 39.3 Å². The molecule has 1 fully saturated rings. The lowest BCUT2D eigenvalue weighted by molar-refractivity contribution is -0.290. The minimum Gasteiger partial charge on any atom is -0.478 e. The zero-order valence-electron chi connectivity index (χ0n) is 44.2. The molecule has 7 aliphatic heterocycles. The second-order valence-corrected chi connectivity index (χ2v) is 44.6. The van der Waals surface area contributed by atoms with Crippen molar-refractivity contribution in [2.75, 3.05) is 6.54 Å². The van der Waals surface area contributed by atoms with Gasteiger partial charge in [-0.15, -0.1) is 151 Å². The monoisotopic (exact) mass is 1220 g/mol. The molecule has 7 aliphatic rings. The van der Waals surface area contributed by atoms with E-state index in [1.165, 1.54) is 0 Å². The number of rotatable bonds is 10. The molecule has 0 aliphatic carbocycles. The van der Waals surface area contributed by atoms with Crippen LogP contribution in [0.3, 0.4) is 0 Å². The van der Waals surface area contributed by atoms with Gasteiger partial charge in [-0.25, -0.2) is 9.59 Å². The molecule has 0 unspecified atom stereocenters. The summed E-state index contributed by atoms with van der Waals surface area (Å²) >= 11 is 20.1. The fraction of sp³-hybridized carbons (Fsp3) is 0.558. The molecule has 74 heavy (non-hydrogen) atoms. The number of nitrogens with one attached hydrogen (secondary N) is 2. The van der Waals surface area contributed by atoms with Gasteiger partial charge in [0.2, 0.25) is 5.91 Å². The quantitative estimate of drug-likeness (QED) is 0.142. The summed E-state index contributed by atoms with van der Waals surface area (Å²) in [4.78, 5) is 66.7. The van der Waals surface area contributed by atoms with Gasteiger partial charge in [0.1, 0.15) is 0 Å². The fourth-order valence-corrected chi connectivity index (χ4v) is 28.6. The number of piperidine rings is 1. The highest BCUT2D eigenvalue weighted by molar-refractivity contribution is 8.23. The molecule has 0 atom stereocenters. The summed E-state index contributed by atoms with van der Waals surface area (Å²) in [5.74, 6) is -1.36. The van der Waals surface area contributed by atoms with E-state index in [2.05, 4.69) is 93.7 Å². The molecule has 4 N–H and O–H groups in total. The number of carbonyl (C=O) groups excluding carboxylic acids is 2. The third-order valence-electron chi connectivity index (χ3n) is 13.1. The number of hydrogen-bond donors (Lipinski definition) is 4. The van der Waals surface area contributed by atoms with Crippen LogP contribution in [0.25, 0.3) is 0 Å². The van der Waals surface area contributed by atoms with E-state index in [0.29, 0.717) is 29.5 Å². The van der Waals surface area contributed by atoms with Crippen molar-refractivity contribution < 1.29 is 34.6 Å². The predicted molar refractivity (Wildman–Crippen MR) is 317 cm³/mol. The molecule has 2 amide bonds. The first kappa shape index (κ1) is 56.9. The largest absolute Gasteiger partial charge is 0.478 e. The summed E-state index contributed by atoms with van der Waals surface area (Å²) in [5.41, 5.74) is 2.97. The van der Waals surface area contributed by atoms with E-state index in [9.17, 15) is 29.8 Å². The second-order valence-electron chi connectivity index (χ2n) is 23.4. The van der Waals surface area contributed by atoms with Crippen LogP contribution in [0.2, 0.25) is 0 Å². The van der Waals surface area contributed by atoms with Crippen molar-refractivity contribution in [1.82, 2.24) is 15.7 Å². The van der Waals surface area contributed by atoms with Crippen LogP contribution in [0.5, 0.6) is 0 Å². The van der Waals surface area contributed by atoms with Crippen LogP contribution < -0.4 is 10.6 Å². The van der Waals surface area contributed by atoms with Gasteiger partial charge in [-0.1, -0.05) is 0 Å². The molecule has 0 bridgehead atoms. The summed E-state index contributed by atoms with van der Waals surface area (Å²) in [5, 5.41) is 43.0. The molecule has 7 heterocycles. The van der Waals surface area contributed by atoms with Gasteiger partial charge < -0.3 is 20.8 Å². The average Bonchev–Trinajstić information content (AvgIpc) is 4.04. The molecule has 3 aromatic carbocycles. The fourth-order valence-electron chi connectivity index (χ4n) is 10.9. The number of fused-ring (bicyclic) bond motifs is 6. The van der Waals surface area contributed by atoms with E-state index in [1.54, 1.807) is 141 Å². The number of carboxylic acids is 2. The molecule has 22 heteroatoms. The van der Waals surface area contributed by atoms with Crippen LogP contribution in [0.15, 0.2) is 58.7 Å². The summed E-state index contributed by atoms with van der Waals surface area (Å²) in [6.45, 7) is 33.8. The van der Waals surface area contributed by atoms with Gasteiger partial charge in [-0.3, -0.25) is 9.59 Å². The number of hydroxylamine groups is 2. The maximum Gasteiger partial charge on any atom is 0.338 e. The Kier molecular flexibility index (Phi) is 14.5. The first-order chi connectivity index (χ1) is 33.9. The Bertz CT molecular complexity index is 2770. The van der Waals surface area contributed by atoms with Crippen molar-refractivity contribution in [1.29, 1.82) is 0 Å². The van der Waals surface area contributed by atoms with Crippen molar-refractivity contribution in [3.8, 4) is 0 Å². The molecule has 3 aromatic rings. The number of thioether (sulfide) groups is 12. The van der Waals surface area contributed by atoms with Gasteiger partial charge in [0.05, 0.1) is 47.1 Å². The SMILES string of the molecule is CC1(C)Sc2c(c(C(=O)O)c3c(c2[C](c2c4c(c(C(=O)O)c5c2SC(C)(C)S5)SC(C)(C)S4)c2c4c(c(C(=O)NCCC(=O)NC5CC(C)(C)N([O])C(C)(C)C5)c5c2SC(C)(C)S5)SC(C)(C)S4)SC(C)(C)S3)S1. The average molecular weight is 1220 g/mol. The van der Waals surface area contributed by atoms with E-state index >= 15 is 4.79 Å². The Morgan fingerprint density at radius 1 is 0.432 bits per heavy atom. The van der Waals surface area contributed by atoms with Crippen LogP contribution in [-0.2, 0) is 10.0 Å². The highest BCUT2D eigenvalue weighted by Gasteiger charge is 2.54. The number of benzene rings is 3. The standard InChI is InChI=1S/C52H61N3O7S12/c1-45(2)19-21(20-46(3,4)55(45)62)54-22(56)17-18-53-42(57)27-36-30(63-47(5,6)69-36)24(31-37(27)70-48(7,8)64-31)23(25-32-38(71-49(9,10)65-32)28(43(58)59)39-33(25)66-50(11,12)72-39)26-34-40(73-51(13,14)67-34)29(44(60)61)41-35(26)68-52(15,16)74-41/h21H,17-20H2,1-16H3,(H,53,57)(H,54,56)(H,58,59)(H,60,61). The van der Waals surface area contributed by atoms with Gasteiger partial charge >= 0.3 is 11.9 Å². The summed E-state index contributed by atoms with van der Waals surface area (Å²) in [6, 6.07) is -0.174. The molecule has 2 radical (unpaired) electrons. The number of amides is 2. The Labute approximate surface area is 486 Å². The zero-order chi connectivity index (χ0) is 54.2. The van der Waals surface area contributed by atoms with Gasteiger partial charge in [0.25, 0.3) is 5.91 Å². The van der Waals surface area contributed by atoms with Gasteiger partial charge in [-0.2, -0.15) is 0 Å². The predicted octanol–water partition coefficient (Wildman–Crippen LogP) is 16.3. The minimum absolute atomic E-state index is 0.0760. The molecule has 0 saturated carbocycles. The second kappa shape index (κ2) is 18.9. The van der Waals surface area contributed by atoms with E-state index < -0.39 is 47.5 Å². The molecule has 0 spiro atoms. The summed E-state index contributed by atoms with van der Waals surface area (Å²) < 4.78 is -2.47. The maximum atomic E-state index is 15.2. The van der Waals surface area contributed by atoms with Crippen LogP contribution in [0.4, 0.5) is 0 Å². The molecular weight excluding hydrogens is 1160 g/mol. The first-order valence-electron chi connectivity index (χ1n) is 24.3. The van der Waals surface area contributed by atoms with E-state index in [4.69, 9.17) is 0 Å². The molecule has 1 saturated heterocycles. The van der Waals surface area contributed by atoms with Crippen molar-refractivity contribution in [2.45, 2.75) is 230 Å². The first-order valence-corrected chi connectivity index (χ1v) is 34.1. The normalized spacial score (nSPS) is 23.5. The smallest absolute Gasteiger partial charge is 0.338 e. The third kappa shape index (κ3) is 10.2. The van der Waals surface area contributed by atoms with Gasteiger partial charge in [0, 0.05) is 88.8 Å². The lowest BCUT2D eigenvalue weighted by atomic mass is 9.79. The number of nitrogens with zero attached hydrogens (tertiary/aromatic N) is 1.